The predicted octanol–water partition coefficient (Wildman–Crippen LogP) is 7.51. The molecule has 0 saturated heterocycles. The van der Waals surface area contributed by atoms with E-state index in [0.29, 0.717) is 22.5 Å². The van der Waals surface area contributed by atoms with Gasteiger partial charge >= 0.3 is 0 Å². The van der Waals surface area contributed by atoms with E-state index in [0.717, 1.165) is 27.8 Å². The summed E-state index contributed by atoms with van der Waals surface area (Å²) >= 11 is 6.20. The highest BCUT2D eigenvalue weighted by atomic mass is 35.5. The van der Waals surface area contributed by atoms with Crippen molar-refractivity contribution in [3.63, 3.8) is 0 Å². The minimum atomic E-state index is 0.636. The number of halogens is 1. The summed E-state index contributed by atoms with van der Waals surface area (Å²) in [6.45, 7) is 3.97. The molecular formula is C27H22ClN3. The lowest BCUT2D eigenvalue weighted by molar-refractivity contribution is 1.04. The normalized spacial score (nSPS) is 11.8. The topological polar surface area (TPSA) is 38.7 Å². The molecule has 0 unspecified atom stereocenters. The van der Waals surface area contributed by atoms with Crippen molar-refractivity contribution in [1.82, 2.24) is 15.0 Å². The highest BCUT2D eigenvalue weighted by Gasteiger charge is 2.13. The van der Waals surface area contributed by atoms with E-state index in [1.807, 2.05) is 98.8 Å². The molecule has 0 aliphatic carbocycles. The Balaban J connectivity index is 1.87. The van der Waals surface area contributed by atoms with E-state index < -0.39 is 0 Å². The van der Waals surface area contributed by atoms with E-state index in [9.17, 15) is 0 Å². The molecule has 3 nitrogen and oxygen atoms in total. The van der Waals surface area contributed by atoms with Crippen LogP contribution in [0, 0.1) is 0 Å². The van der Waals surface area contributed by atoms with E-state index in [-0.39, 0.29) is 0 Å². The fourth-order valence-corrected chi connectivity index (χ4v) is 3.53. The molecule has 1 aromatic heterocycles. The van der Waals surface area contributed by atoms with Gasteiger partial charge in [0.05, 0.1) is 0 Å². The summed E-state index contributed by atoms with van der Waals surface area (Å²) in [5.41, 5.74) is 4.94. The van der Waals surface area contributed by atoms with Crippen LogP contribution in [-0.2, 0) is 0 Å². The number of rotatable bonds is 5. The molecule has 0 bridgehead atoms. The average Bonchev–Trinajstić information content (AvgIpc) is 2.83. The van der Waals surface area contributed by atoms with Crippen LogP contribution in [0.15, 0.2) is 97.1 Å². The zero-order valence-corrected chi connectivity index (χ0v) is 18.2. The minimum absolute atomic E-state index is 0.636. The number of allylic oxidation sites excluding steroid dienone is 4. The van der Waals surface area contributed by atoms with Gasteiger partial charge in [0.2, 0.25) is 0 Å². The van der Waals surface area contributed by atoms with Gasteiger partial charge in [0, 0.05) is 21.7 Å². The van der Waals surface area contributed by atoms with Crippen LogP contribution in [0.3, 0.4) is 0 Å². The summed E-state index contributed by atoms with van der Waals surface area (Å²) in [5.74, 6) is 1.94. The van der Waals surface area contributed by atoms with Crippen molar-refractivity contribution in [3.05, 3.63) is 108 Å². The third kappa shape index (κ3) is 4.79. The van der Waals surface area contributed by atoms with Gasteiger partial charge in [-0.05, 0) is 43.2 Å². The van der Waals surface area contributed by atoms with Crippen LogP contribution in [0.25, 0.3) is 39.5 Å². The molecule has 0 N–H and O–H groups in total. The van der Waals surface area contributed by atoms with Crippen LogP contribution in [0.4, 0.5) is 0 Å². The second kappa shape index (κ2) is 9.50. The van der Waals surface area contributed by atoms with Crippen LogP contribution >= 0.6 is 11.6 Å². The van der Waals surface area contributed by atoms with Crippen molar-refractivity contribution in [3.8, 4) is 33.9 Å². The van der Waals surface area contributed by atoms with Gasteiger partial charge in [0.15, 0.2) is 17.5 Å². The zero-order valence-electron chi connectivity index (χ0n) is 17.5. The SMILES string of the molecule is C/C=C\C(=C/C)c1nc(-c2ccccc2)nc(-c2cccc(-c3cccc(Cl)c3)c2)n1. The second-order valence-electron chi connectivity index (χ2n) is 7.01. The van der Waals surface area contributed by atoms with Crippen molar-refractivity contribution in [2.45, 2.75) is 13.8 Å². The molecular weight excluding hydrogens is 402 g/mol. The number of hydrogen-bond acceptors (Lipinski definition) is 3. The largest absolute Gasteiger partial charge is 0.208 e. The van der Waals surface area contributed by atoms with Gasteiger partial charge in [-0.3, -0.25) is 0 Å². The number of aromatic nitrogens is 3. The van der Waals surface area contributed by atoms with Crippen molar-refractivity contribution in [2.75, 3.05) is 0 Å². The highest BCUT2D eigenvalue weighted by molar-refractivity contribution is 6.30. The highest BCUT2D eigenvalue weighted by Crippen LogP contribution is 2.28. The first-order valence-corrected chi connectivity index (χ1v) is 10.5. The number of hydrogen-bond donors (Lipinski definition) is 0. The molecule has 0 atom stereocenters. The average molecular weight is 424 g/mol. The molecule has 0 aliphatic heterocycles. The molecule has 3 aromatic carbocycles. The van der Waals surface area contributed by atoms with Crippen molar-refractivity contribution < 1.29 is 0 Å². The Morgan fingerprint density at radius 1 is 0.677 bits per heavy atom. The van der Waals surface area contributed by atoms with Crippen LogP contribution < -0.4 is 0 Å². The van der Waals surface area contributed by atoms with Gasteiger partial charge in [-0.15, -0.1) is 0 Å². The first kappa shape index (κ1) is 20.7. The molecule has 31 heavy (non-hydrogen) atoms. The molecule has 0 radical (unpaired) electrons. The molecule has 4 heteroatoms. The predicted molar refractivity (Wildman–Crippen MR) is 130 cm³/mol. The van der Waals surface area contributed by atoms with Gasteiger partial charge in [-0.25, -0.2) is 15.0 Å². The van der Waals surface area contributed by atoms with Crippen LogP contribution in [-0.4, -0.2) is 15.0 Å². The van der Waals surface area contributed by atoms with Crippen LogP contribution in [0.1, 0.15) is 19.7 Å². The van der Waals surface area contributed by atoms with Gasteiger partial charge in [0.25, 0.3) is 0 Å². The Labute approximate surface area is 187 Å². The quantitative estimate of drug-likeness (QED) is 0.312. The fourth-order valence-electron chi connectivity index (χ4n) is 3.34. The lowest BCUT2D eigenvalue weighted by atomic mass is 10.0. The second-order valence-corrected chi connectivity index (χ2v) is 7.44. The Morgan fingerprint density at radius 2 is 1.29 bits per heavy atom. The molecule has 152 valence electrons. The van der Waals surface area contributed by atoms with Gasteiger partial charge in [-0.1, -0.05) is 90.5 Å². The molecule has 0 fully saturated rings. The Kier molecular flexibility index (Phi) is 6.34. The first-order chi connectivity index (χ1) is 15.2. The van der Waals surface area contributed by atoms with E-state index in [4.69, 9.17) is 26.6 Å². The van der Waals surface area contributed by atoms with Gasteiger partial charge in [-0.2, -0.15) is 0 Å². The molecule has 4 rings (SSSR count). The fraction of sp³-hybridized carbons (Fsp3) is 0.0741. The van der Waals surface area contributed by atoms with E-state index in [2.05, 4.69) is 12.1 Å². The molecule has 4 aromatic rings. The molecule has 0 saturated carbocycles. The van der Waals surface area contributed by atoms with Crippen molar-refractivity contribution >= 4 is 17.2 Å². The maximum absolute atomic E-state index is 6.20. The summed E-state index contributed by atoms with van der Waals surface area (Å²) in [6, 6.07) is 26.0. The lowest BCUT2D eigenvalue weighted by Gasteiger charge is -2.10. The Bertz CT molecular complexity index is 1260. The number of nitrogens with zero attached hydrogens (tertiary/aromatic N) is 3. The van der Waals surface area contributed by atoms with E-state index in [1.165, 1.54) is 0 Å². The maximum Gasteiger partial charge on any atom is 0.164 e. The molecule has 0 amide bonds. The minimum Gasteiger partial charge on any atom is -0.208 e. The summed E-state index contributed by atoms with van der Waals surface area (Å²) in [4.78, 5) is 14.4. The zero-order chi connectivity index (χ0) is 21.6. The summed E-state index contributed by atoms with van der Waals surface area (Å²) in [7, 11) is 0. The van der Waals surface area contributed by atoms with E-state index >= 15 is 0 Å². The smallest absolute Gasteiger partial charge is 0.164 e. The monoisotopic (exact) mass is 423 g/mol. The third-order valence-electron chi connectivity index (χ3n) is 4.86. The summed E-state index contributed by atoms with van der Waals surface area (Å²) in [5, 5.41) is 0.709. The van der Waals surface area contributed by atoms with E-state index in [1.54, 1.807) is 0 Å². The van der Waals surface area contributed by atoms with Gasteiger partial charge in [0.1, 0.15) is 0 Å². The summed E-state index contributed by atoms with van der Waals surface area (Å²) in [6.07, 6.45) is 6.01. The lowest BCUT2D eigenvalue weighted by Crippen LogP contribution is -2.02. The van der Waals surface area contributed by atoms with Gasteiger partial charge < -0.3 is 0 Å². The number of benzene rings is 3. The molecule has 1 heterocycles. The Hall–Kier alpha value is -3.56. The van der Waals surface area contributed by atoms with Crippen molar-refractivity contribution in [2.24, 2.45) is 0 Å². The maximum atomic E-state index is 6.20. The van der Waals surface area contributed by atoms with Crippen LogP contribution in [0.2, 0.25) is 5.02 Å². The molecule has 0 aliphatic rings. The van der Waals surface area contributed by atoms with Crippen molar-refractivity contribution in [1.29, 1.82) is 0 Å². The standard InChI is InChI=1S/C27H22ClN3/c1-3-10-19(4-2)25-29-26(20-11-6-5-7-12-20)31-27(30-25)23-15-8-13-21(17-23)22-14-9-16-24(28)18-22/h3-18H,1-2H3/b10-3-,19-4+. The first-order valence-electron chi connectivity index (χ1n) is 10.1. The molecule has 0 spiro atoms. The van der Waals surface area contributed by atoms with Crippen LogP contribution in [0.5, 0.6) is 0 Å². The third-order valence-corrected chi connectivity index (χ3v) is 5.10. The summed E-state index contributed by atoms with van der Waals surface area (Å²) < 4.78 is 0. The Morgan fingerprint density at radius 3 is 1.97 bits per heavy atom.